The maximum Gasteiger partial charge on any atom is 0.266 e. The van der Waals surface area contributed by atoms with Crippen LogP contribution in [0.5, 0.6) is 0 Å². The van der Waals surface area contributed by atoms with Crippen LogP contribution in [0.1, 0.15) is 31.9 Å². The Hall–Kier alpha value is -2.53. The quantitative estimate of drug-likeness (QED) is 0.623. The van der Waals surface area contributed by atoms with E-state index < -0.39 is 0 Å². The molecule has 0 aliphatic carbocycles. The fraction of sp³-hybridized carbons (Fsp3) is 0.304. The number of benzene rings is 2. The van der Waals surface area contributed by atoms with Gasteiger partial charge in [-0.3, -0.25) is 9.69 Å². The van der Waals surface area contributed by atoms with E-state index in [-0.39, 0.29) is 5.91 Å². The molecule has 0 N–H and O–H groups in total. The first-order valence-electron chi connectivity index (χ1n) is 9.76. The van der Waals surface area contributed by atoms with Crippen molar-refractivity contribution in [1.82, 2.24) is 4.90 Å². The molecule has 0 aromatic heterocycles. The van der Waals surface area contributed by atoms with Crippen LogP contribution >= 0.6 is 11.8 Å². The molecule has 1 fully saturated rings. The first kappa shape index (κ1) is 20.2. The molecule has 1 amide bonds. The average molecular weight is 394 g/mol. The molecule has 2 aromatic rings. The van der Waals surface area contributed by atoms with Crippen LogP contribution in [0.3, 0.4) is 0 Å². The molecule has 0 spiro atoms. The van der Waals surface area contributed by atoms with Gasteiger partial charge in [0.15, 0.2) is 5.17 Å². The van der Waals surface area contributed by atoms with E-state index in [4.69, 9.17) is 4.99 Å². The van der Waals surface area contributed by atoms with Gasteiger partial charge in [-0.15, -0.1) is 0 Å². The van der Waals surface area contributed by atoms with E-state index in [9.17, 15) is 4.79 Å². The summed E-state index contributed by atoms with van der Waals surface area (Å²) in [5, 5.41) is 0.719. The van der Waals surface area contributed by atoms with Crippen molar-refractivity contribution in [3.8, 4) is 0 Å². The van der Waals surface area contributed by atoms with Crippen LogP contribution in [0.15, 0.2) is 58.4 Å². The smallest absolute Gasteiger partial charge is 0.266 e. The van der Waals surface area contributed by atoms with Crippen molar-refractivity contribution in [2.45, 2.75) is 27.2 Å². The van der Waals surface area contributed by atoms with Gasteiger partial charge in [-0.25, -0.2) is 4.99 Å². The van der Waals surface area contributed by atoms with Crippen molar-refractivity contribution in [3.63, 3.8) is 0 Å². The number of amides is 1. The SMILES string of the molecule is CCc1ccccc1N=C1S/C(=C\c2ccc(N(CC)CC)cc2)C(=O)N1C. The number of carbonyl (C=O) groups is 1. The number of hydrogen-bond donors (Lipinski definition) is 0. The summed E-state index contributed by atoms with van der Waals surface area (Å²) in [6.45, 7) is 8.38. The van der Waals surface area contributed by atoms with Crippen LogP contribution in [0.4, 0.5) is 11.4 Å². The zero-order valence-corrected chi connectivity index (χ0v) is 17.8. The number of likely N-dealkylation sites (N-methyl/N-ethyl adjacent to an activating group) is 1. The highest BCUT2D eigenvalue weighted by Gasteiger charge is 2.30. The van der Waals surface area contributed by atoms with Gasteiger partial charge in [0.25, 0.3) is 5.91 Å². The molecule has 0 unspecified atom stereocenters. The number of nitrogens with zero attached hydrogens (tertiary/aromatic N) is 3. The lowest BCUT2D eigenvalue weighted by atomic mass is 10.1. The van der Waals surface area contributed by atoms with Crippen LogP contribution in [0, 0.1) is 0 Å². The molecule has 1 aliphatic heterocycles. The zero-order chi connectivity index (χ0) is 20.1. The third kappa shape index (κ3) is 4.30. The number of anilines is 1. The Balaban J connectivity index is 1.84. The second kappa shape index (κ2) is 9.11. The normalized spacial score (nSPS) is 17.0. The number of aryl methyl sites for hydroxylation is 1. The highest BCUT2D eigenvalue weighted by atomic mass is 32.2. The maximum absolute atomic E-state index is 12.7. The third-order valence-electron chi connectivity index (χ3n) is 4.91. The lowest BCUT2D eigenvalue weighted by Crippen LogP contribution is -2.23. The van der Waals surface area contributed by atoms with Crippen LogP contribution in [-0.2, 0) is 11.2 Å². The second-order valence-electron chi connectivity index (χ2n) is 6.62. The molecule has 4 nitrogen and oxygen atoms in total. The van der Waals surface area contributed by atoms with Gasteiger partial charge in [-0.1, -0.05) is 37.3 Å². The molecule has 2 aromatic carbocycles. The minimum Gasteiger partial charge on any atom is -0.372 e. The Labute approximate surface area is 172 Å². The van der Waals surface area contributed by atoms with Crippen LogP contribution < -0.4 is 4.90 Å². The molecule has 0 bridgehead atoms. The second-order valence-corrected chi connectivity index (χ2v) is 7.62. The van der Waals surface area contributed by atoms with Crippen molar-refractivity contribution in [2.24, 2.45) is 4.99 Å². The van der Waals surface area contributed by atoms with Crippen molar-refractivity contribution in [3.05, 3.63) is 64.6 Å². The Morgan fingerprint density at radius 1 is 1.04 bits per heavy atom. The number of thioether (sulfide) groups is 1. The van der Waals surface area contributed by atoms with Gasteiger partial charge in [0.2, 0.25) is 0 Å². The minimum absolute atomic E-state index is 0.00875. The molecule has 3 rings (SSSR count). The highest BCUT2D eigenvalue weighted by Crippen LogP contribution is 2.34. The fourth-order valence-corrected chi connectivity index (χ4v) is 4.17. The number of amidine groups is 1. The fourth-order valence-electron chi connectivity index (χ4n) is 3.20. The molecule has 0 radical (unpaired) electrons. The Morgan fingerprint density at radius 3 is 2.36 bits per heavy atom. The van der Waals surface area contributed by atoms with Gasteiger partial charge in [0, 0.05) is 25.8 Å². The number of rotatable bonds is 6. The molecule has 1 heterocycles. The molecule has 0 atom stereocenters. The van der Waals surface area contributed by atoms with E-state index in [0.717, 1.165) is 35.9 Å². The summed E-state index contributed by atoms with van der Waals surface area (Å²) in [4.78, 5) is 22.1. The lowest BCUT2D eigenvalue weighted by Gasteiger charge is -2.20. The summed E-state index contributed by atoms with van der Waals surface area (Å²) in [6, 6.07) is 16.4. The third-order valence-corrected chi connectivity index (χ3v) is 5.97. The Kier molecular flexibility index (Phi) is 6.57. The number of para-hydroxylation sites is 1. The van der Waals surface area contributed by atoms with Crippen molar-refractivity contribution < 1.29 is 4.79 Å². The van der Waals surface area contributed by atoms with E-state index in [0.29, 0.717) is 4.91 Å². The summed E-state index contributed by atoms with van der Waals surface area (Å²) in [7, 11) is 1.78. The minimum atomic E-state index is -0.00875. The van der Waals surface area contributed by atoms with Gasteiger partial charge in [0.1, 0.15) is 0 Å². The summed E-state index contributed by atoms with van der Waals surface area (Å²) < 4.78 is 0. The molecule has 28 heavy (non-hydrogen) atoms. The number of aliphatic imine (C=N–C) groups is 1. The van der Waals surface area contributed by atoms with Gasteiger partial charge in [-0.05, 0) is 67.4 Å². The standard InChI is InChI=1S/C23H27N3OS/c1-5-18-10-8-9-11-20(18)24-23-25(4)22(27)21(28-23)16-17-12-14-19(15-13-17)26(6-2)7-3/h8-16H,5-7H2,1-4H3/b21-16-,24-23?. The predicted molar refractivity (Wildman–Crippen MR) is 121 cm³/mol. The van der Waals surface area contributed by atoms with Gasteiger partial charge >= 0.3 is 0 Å². The Bertz CT molecular complexity index is 898. The molecule has 1 saturated heterocycles. The summed E-state index contributed by atoms with van der Waals surface area (Å²) in [5.74, 6) is -0.00875. The summed E-state index contributed by atoms with van der Waals surface area (Å²) in [6.07, 6.45) is 2.86. The van der Waals surface area contributed by atoms with E-state index in [1.165, 1.54) is 23.0 Å². The number of carbonyl (C=O) groups excluding carboxylic acids is 1. The molecule has 1 aliphatic rings. The monoisotopic (exact) mass is 393 g/mol. The topological polar surface area (TPSA) is 35.9 Å². The van der Waals surface area contributed by atoms with Gasteiger partial charge in [-0.2, -0.15) is 0 Å². The predicted octanol–water partition coefficient (Wildman–Crippen LogP) is 5.33. The van der Waals surface area contributed by atoms with E-state index >= 15 is 0 Å². The molecule has 146 valence electrons. The highest BCUT2D eigenvalue weighted by molar-refractivity contribution is 8.18. The first-order chi connectivity index (χ1) is 13.6. The van der Waals surface area contributed by atoms with Crippen LogP contribution in [0.2, 0.25) is 0 Å². The van der Waals surface area contributed by atoms with Crippen molar-refractivity contribution >= 4 is 40.3 Å². The zero-order valence-electron chi connectivity index (χ0n) is 17.0. The summed E-state index contributed by atoms with van der Waals surface area (Å²) >= 11 is 1.43. The van der Waals surface area contributed by atoms with Crippen molar-refractivity contribution in [1.29, 1.82) is 0 Å². The van der Waals surface area contributed by atoms with Gasteiger partial charge in [0.05, 0.1) is 10.6 Å². The van der Waals surface area contributed by atoms with Crippen LogP contribution in [0.25, 0.3) is 6.08 Å². The molecular weight excluding hydrogens is 366 g/mol. The van der Waals surface area contributed by atoms with E-state index in [1.54, 1.807) is 11.9 Å². The van der Waals surface area contributed by atoms with E-state index in [1.807, 2.05) is 24.3 Å². The molecule has 5 heteroatoms. The average Bonchev–Trinajstić information content (AvgIpc) is 2.98. The van der Waals surface area contributed by atoms with Gasteiger partial charge < -0.3 is 4.90 Å². The van der Waals surface area contributed by atoms with Crippen LogP contribution in [-0.4, -0.2) is 36.1 Å². The molecule has 0 saturated carbocycles. The van der Waals surface area contributed by atoms with E-state index in [2.05, 4.69) is 56.0 Å². The first-order valence-corrected chi connectivity index (χ1v) is 10.6. The maximum atomic E-state index is 12.7. The number of hydrogen-bond acceptors (Lipinski definition) is 4. The molecular formula is C23H27N3OS. The largest absolute Gasteiger partial charge is 0.372 e. The van der Waals surface area contributed by atoms with Crippen molar-refractivity contribution in [2.75, 3.05) is 25.0 Å². The lowest BCUT2D eigenvalue weighted by molar-refractivity contribution is -0.121. The summed E-state index contributed by atoms with van der Waals surface area (Å²) in [5.41, 5.74) is 4.33. The Morgan fingerprint density at radius 2 is 1.71 bits per heavy atom.